The van der Waals surface area contributed by atoms with E-state index in [1.165, 1.54) is 15.2 Å². The summed E-state index contributed by atoms with van der Waals surface area (Å²) in [5, 5.41) is 1.22. The highest BCUT2D eigenvalue weighted by molar-refractivity contribution is 7.18. The maximum Gasteiger partial charge on any atom is 0.236 e. The lowest BCUT2D eigenvalue weighted by Crippen LogP contribution is -2.34. The van der Waals surface area contributed by atoms with Gasteiger partial charge in [-0.15, -0.1) is 6.42 Å². The van der Waals surface area contributed by atoms with Crippen LogP contribution in [0.2, 0.25) is 0 Å². The number of hydrogen-bond donors (Lipinski definition) is 0. The molecule has 0 saturated heterocycles. The molecule has 1 aromatic heterocycles. The van der Waals surface area contributed by atoms with E-state index >= 15 is 0 Å². The van der Waals surface area contributed by atoms with Gasteiger partial charge < -0.3 is 4.74 Å². The first kappa shape index (κ1) is 10.0. The van der Waals surface area contributed by atoms with Gasteiger partial charge in [0, 0.05) is 19.1 Å². The molecule has 0 aliphatic heterocycles. The number of terminal acetylenes is 1. The largest absolute Gasteiger partial charge is 0.497 e. The van der Waals surface area contributed by atoms with Gasteiger partial charge >= 0.3 is 0 Å². The summed E-state index contributed by atoms with van der Waals surface area (Å²) in [4.78, 5) is 0. The molecule has 0 radical (unpaired) electrons. The summed E-state index contributed by atoms with van der Waals surface area (Å²) in [5.41, 5.74) is 1.18. The summed E-state index contributed by atoms with van der Waals surface area (Å²) in [6.45, 7) is 2.70. The molecule has 1 aromatic carbocycles. The third kappa shape index (κ3) is 1.69. The number of ether oxygens (including phenoxy) is 1. The van der Waals surface area contributed by atoms with Crippen molar-refractivity contribution >= 4 is 21.6 Å². The Morgan fingerprint density at radius 1 is 1.53 bits per heavy atom. The second kappa shape index (κ2) is 3.92. The van der Waals surface area contributed by atoms with Crippen LogP contribution >= 0.6 is 11.3 Å². The zero-order chi connectivity index (χ0) is 10.8. The highest BCUT2D eigenvalue weighted by atomic mass is 32.1. The molecule has 0 bridgehead atoms. The Bertz CT molecular complexity index is 536. The summed E-state index contributed by atoms with van der Waals surface area (Å²) in [6.07, 6.45) is 5.34. The van der Waals surface area contributed by atoms with Gasteiger partial charge in [0.1, 0.15) is 10.4 Å². The molecule has 0 fully saturated rings. The summed E-state index contributed by atoms with van der Waals surface area (Å²) in [7, 11) is 1.68. The van der Waals surface area contributed by atoms with E-state index < -0.39 is 0 Å². The maximum absolute atomic E-state index is 5.34. The number of rotatable bonds is 2. The van der Waals surface area contributed by atoms with Crippen LogP contribution in [0.25, 0.3) is 10.2 Å². The van der Waals surface area contributed by atoms with Gasteiger partial charge in [0.15, 0.2) is 0 Å². The molecule has 3 heteroatoms. The van der Waals surface area contributed by atoms with Crippen LogP contribution in [0.3, 0.4) is 0 Å². The summed E-state index contributed by atoms with van der Waals surface area (Å²) < 4.78 is 8.54. The van der Waals surface area contributed by atoms with Crippen molar-refractivity contribution in [1.82, 2.24) is 0 Å². The molecule has 0 amide bonds. The number of aryl methyl sites for hydroxylation is 1. The maximum atomic E-state index is 5.34. The van der Waals surface area contributed by atoms with Gasteiger partial charge in [-0.25, -0.2) is 0 Å². The molecule has 76 valence electrons. The van der Waals surface area contributed by atoms with Crippen molar-refractivity contribution in [1.29, 1.82) is 0 Å². The molecule has 2 nitrogen and oxygen atoms in total. The molecule has 0 spiro atoms. The lowest BCUT2D eigenvalue weighted by molar-refractivity contribution is -0.660. The predicted molar refractivity (Wildman–Crippen MR) is 62.1 cm³/mol. The van der Waals surface area contributed by atoms with Crippen molar-refractivity contribution in [3.63, 3.8) is 0 Å². The van der Waals surface area contributed by atoms with Gasteiger partial charge in [0.05, 0.1) is 7.11 Å². The highest BCUT2D eigenvalue weighted by Crippen LogP contribution is 2.24. The molecule has 0 aliphatic carbocycles. The van der Waals surface area contributed by atoms with Crippen LogP contribution in [0, 0.1) is 19.3 Å². The van der Waals surface area contributed by atoms with Crippen LogP contribution in [0.4, 0.5) is 0 Å². The molecule has 0 N–H and O–H groups in total. The Morgan fingerprint density at radius 3 is 3.00 bits per heavy atom. The zero-order valence-electron chi connectivity index (χ0n) is 8.78. The Kier molecular flexibility index (Phi) is 2.61. The predicted octanol–water partition coefficient (Wildman–Crippen LogP) is 2.14. The lowest BCUT2D eigenvalue weighted by atomic mass is 10.3. The Hall–Kier alpha value is -1.53. The molecular weight excluding hydrogens is 206 g/mol. The number of fused-ring (bicyclic) bond motifs is 1. The standard InChI is InChI=1S/C12H12NOS/c1-4-7-13-9(2)15-12-8-10(14-3)5-6-11(12)13/h1,5-6,8H,7H2,2-3H3/q+1. The fourth-order valence-corrected chi connectivity index (χ4v) is 2.65. The highest BCUT2D eigenvalue weighted by Gasteiger charge is 2.15. The molecule has 1 heterocycles. The summed E-state index contributed by atoms with van der Waals surface area (Å²) >= 11 is 1.74. The number of hydrogen-bond acceptors (Lipinski definition) is 2. The number of nitrogens with zero attached hydrogens (tertiary/aromatic N) is 1. The molecule has 0 saturated carbocycles. The monoisotopic (exact) mass is 218 g/mol. The molecule has 2 rings (SSSR count). The first-order chi connectivity index (χ1) is 7.26. The van der Waals surface area contributed by atoms with Crippen molar-refractivity contribution in [2.75, 3.05) is 7.11 Å². The molecule has 0 unspecified atom stereocenters. The van der Waals surface area contributed by atoms with Crippen molar-refractivity contribution in [2.24, 2.45) is 0 Å². The summed E-state index contributed by atoms with van der Waals surface area (Å²) in [6, 6.07) is 6.05. The van der Waals surface area contributed by atoms with E-state index in [9.17, 15) is 0 Å². The van der Waals surface area contributed by atoms with Crippen molar-refractivity contribution in [3.8, 4) is 18.1 Å². The normalized spacial score (nSPS) is 10.2. The first-order valence-corrected chi connectivity index (χ1v) is 5.48. The zero-order valence-corrected chi connectivity index (χ0v) is 9.60. The number of thiazole rings is 1. The minimum Gasteiger partial charge on any atom is -0.497 e. The lowest BCUT2D eigenvalue weighted by Gasteiger charge is -1.96. The minimum atomic E-state index is 0.623. The van der Waals surface area contributed by atoms with Gasteiger partial charge in [0.25, 0.3) is 0 Å². The Labute approximate surface area is 93.1 Å². The van der Waals surface area contributed by atoms with E-state index in [4.69, 9.17) is 11.2 Å². The summed E-state index contributed by atoms with van der Waals surface area (Å²) in [5.74, 6) is 3.56. The van der Waals surface area contributed by atoms with Crippen molar-refractivity contribution in [3.05, 3.63) is 23.2 Å². The second-order valence-corrected chi connectivity index (χ2v) is 4.48. The van der Waals surface area contributed by atoms with E-state index in [0.717, 1.165) is 5.75 Å². The van der Waals surface area contributed by atoms with E-state index in [0.29, 0.717) is 6.54 Å². The number of methoxy groups -OCH3 is 1. The molecular formula is C12H12NOS+. The molecule has 0 aliphatic rings. The van der Waals surface area contributed by atoms with Gasteiger partial charge in [-0.1, -0.05) is 11.3 Å². The third-order valence-corrected chi connectivity index (χ3v) is 3.41. The fourth-order valence-electron chi connectivity index (χ4n) is 1.60. The van der Waals surface area contributed by atoms with Crippen LogP contribution in [-0.2, 0) is 6.54 Å². The van der Waals surface area contributed by atoms with Crippen LogP contribution < -0.4 is 9.30 Å². The average Bonchev–Trinajstić information content (AvgIpc) is 2.55. The molecule has 2 aromatic rings. The van der Waals surface area contributed by atoms with Crippen molar-refractivity contribution in [2.45, 2.75) is 13.5 Å². The quantitative estimate of drug-likeness (QED) is 0.556. The molecule has 15 heavy (non-hydrogen) atoms. The van der Waals surface area contributed by atoms with Crippen LogP contribution in [0.1, 0.15) is 5.01 Å². The first-order valence-electron chi connectivity index (χ1n) is 4.66. The van der Waals surface area contributed by atoms with Gasteiger partial charge in [-0.3, -0.25) is 0 Å². The van der Waals surface area contributed by atoms with Gasteiger partial charge in [-0.2, -0.15) is 4.57 Å². The van der Waals surface area contributed by atoms with Crippen LogP contribution in [-0.4, -0.2) is 7.11 Å². The van der Waals surface area contributed by atoms with E-state index in [-0.39, 0.29) is 0 Å². The fraction of sp³-hybridized carbons (Fsp3) is 0.250. The Balaban J connectivity index is 2.64. The average molecular weight is 218 g/mol. The van der Waals surface area contributed by atoms with Crippen LogP contribution in [0.5, 0.6) is 5.75 Å². The SMILES string of the molecule is C#CC[n+]1c(C)sc2cc(OC)ccc21. The smallest absolute Gasteiger partial charge is 0.236 e. The minimum absolute atomic E-state index is 0.623. The van der Waals surface area contributed by atoms with Gasteiger partial charge in [0.2, 0.25) is 17.1 Å². The van der Waals surface area contributed by atoms with E-state index in [1.807, 2.05) is 12.1 Å². The topological polar surface area (TPSA) is 13.1 Å². The number of aromatic nitrogens is 1. The van der Waals surface area contributed by atoms with E-state index in [2.05, 4.69) is 23.5 Å². The third-order valence-electron chi connectivity index (χ3n) is 2.34. The molecule has 0 atom stereocenters. The van der Waals surface area contributed by atoms with Crippen LogP contribution in [0.15, 0.2) is 18.2 Å². The second-order valence-electron chi connectivity index (χ2n) is 3.25. The Morgan fingerprint density at radius 2 is 2.33 bits per heavy atom. The van der Waals surface area contributed by atoms with Gasteiger partial charge in [-0.05, 0) is 12.0 Å². The number of benzene rings is 1. The van der Waals surface area contributed by atoms with Crippen molar-refractivity contribution < 1.29 is 9.30 Å². The van der Waals surface area contributed by atoms with E-state index in [1.54, 1.807) is 18.4 Å².